The molecule has 2 aromatic carbocycles. The number of rotatable bonds is 6. The van der Waals surface area contributed by atoms with Crippen molar-refractivity contribution in [3.05, 3.63) is 65.9 Å². The molecule has 1 aliphatic heterocycles. The average molecular weight is 504 g/mol. The third-order valence-electron chi connectivity index (χ3n) is 9.43. The van der Waals surface area contributed by atoms with Crippen molar-refractivity contribution < 1.29 is 9.53 Å². The molecule has 3 aliphatic carbocycles. The topological polar surface area (TPSA) is 76.1 Å². The van der Waals surface area contributed by atoms with Gasteiger partial charge in [-0.1, -0.05) is 18.2 Å². The summed E-state index contributed by atoms with van der Waals surface area (Å²) >= 11 is 0. The molecule has 0 N–H and O–H groups in total. The highest BCUT2D eigenvalue weighted by Crippen LogP contribution is 2.60. The molecular formula is C31H29N5O2. The first kappa shape index (κ1) is 22.0. The second-order valence-corrected chi connectivity index (χ2v) is 11.5. The van der Waals surface area contributed by atoms with Crippen molar-refractivity contribution in [2.24, 2.45) is 23.7 Å². The van der Waals surface area contributed by atoms with Crippen LogP contribution in [0.1, 0.15) is 41.7 Å². The molecule has 8 rings (SSSR count). The number of fused-ring (bicyclic) bond motifs is 1. The lowest BCUT2D eigenvalue weighted by atomic mass is 9.53. The SMILES string of the molecule is COc1cc(C(=O)N2C[C@H]3CC4C[C@@H]2[C@H]43)cc2nc(-c3ccc(C#N)n3CC3CC3)n(-c3ccccc3)c12. The summed E-state index contributed by atoms with van der Waals surface area (Å²) in [6.45, 7) is 1.68. The van der Waals surface area contributed by atoms with Gasteiger partial charge in [0.1, 0.15) is 23.0 Å². The third-order valence-corrected chi connectivity index (χ3v) is 9.43. The van der Waals surface area contributed by atoms with Crippen LogP contribution in [0.15, 0.2) is 54.6 Å². The third kappa shape index (κ3) is 3.06. The van der Waals surface area contributed by atoms with E-state index in [1.165, 1.54) is 19.3 Å². The molecule has 4 atom stereocenters. The van der Waals surface area contributed by atoms with E-state index in [1.807, 2.05) is 42.5 Å². The molecule has 3 saturated carbocycles. The van der Waals surface area contributed by atoms with Crippen molar-refractivity contribution in [2.45, 2.75) is 38.3 Å². The lowest BCUT2D eigenvalue weighted by Gasteiger charge is -2.52. The minimum absolute atomic E-state index is 0.0859. The van der Waals surface area contributed by atoms with E-state index in [1.54, 1.807) is 7.11 Å². The van der Waals surface area contributed by atoms with Crippen molar-refractivity contribution in [1.82, 2.24) is 19.0 Å². The zero-order chi connectivity index (χ0) is 25.5. The minimum Gasteiger partial charge on any atom is -0.494 e. The molecule has 1 saturated heterocycles. The maximum Gasteiger partial charge on any atom is 0.254 e. The number of methoxy groups -OCH3 is 1. The summed E-state index contributed by atoms with van der Waals surface area (Å²) in [5, 5.41) is 9.83. The second kappa shape index (κ2) is 7.97. The van der Waals surface area contributed by atoms with E-state index in [9.17, 15) is 10.1 Å². The molecule has 2 aromatic heterocycles. The van der Waals surface area contributed by atoms with E-state index >= 15 is 0 Å². The maximum absolute atomic E-state index is 13.8. The summed E-state index contributed by atoms with van der Waals surface area (Å²) in [4.78, 5) is 21.0. The molecule has 4 fully saturated rings. The van der Waals surface area contributed by atoms with Crippen LogP contribution in [-0.2, 0) is 6.54 Å². The summed E-state index contributed by atoms with van der Waals surface area (Å²) < 4.78 is 10.1. The van der Waals surface area contributed by atoms with Crippen molar-refractivity contribution in [2.75, 3.05) is 13.7 Å². The Balaban J connectivity index is 1.30. The molecule has 3 heterocycles. The highest BCUT2D eigenvalue weighted by Gasteiger charge is 2.61. The number of ether oxygens (including phenoxy) is 1. The van der Waals surface area contributed by atoms with Crippen molar-refractivity contribution >= 4 is 16.9 Å². The van der Waals surface area contributed by atoms with Crippen LogP contribution in [-0.4, -0.2) is 44.6 Å². The maximum atomic E-state index is 13.8. The molecule has 38 heavy (non-hydrogen) atoms. The monoisotopic (exact) mass is 503 g/mol. The molecule has 4 aliphatic rings. The van der Waals surface area contributed by atoms with Crippen LogP contribution < -0.4 is 4.74 Å². The first-order valence-corrected chi connectivity index (χ1v) is 13.7. The van der Waals surface area contributed by atoms with Crippen molar-refractivity contribution in [3.63, 3.8) is 0 Å². The van der Waals surface area contributed by atoms with Crippen LogP contribution in [0.5, 0.6) is 5.75 Å². The van der Waals surface area contributed by atoms with E-state index in [2.05, 4.69) is 32.2 Å². The van der Waals surface area contributed by atoms with Gasteiger partial charge in [0.15, 0.2) is 5.82 Å². The predicted molar refractivity (Wildman–Crippen MR) is 143 cm³/mol. The number of hydrogen-bond donors (Lipinski definition) is 0. The van der Waals surface area contributed by atoms with Gasteiger partial charge in [-0.05, 0) is 85.8 Å². The standard InChI is InChI=1S/C31H29N5O2/c1-38-27-14-20(31(37)35-17-21-11-19-13-26(35)28(19)21)12-24-29(27)36(22-5-3-2-4-6-22)30(33-24)25-10-9-23(15-32)34(25)16-18-7-8-18/h2-6,9-10,12,14,18-19,21,26,28H,7-8,11,13,16-17H2,1H3/t19?,21-,26-,28-/m1/s1. The van der Waals surface area contributed by atoms with E-state index in [0.29, 0.717) is 34.9 Å². The van der Waals surface area contributed by atoms with Gasteiger partial charge in [0.05, 0.1) is 18.3 Å². The molecule has 0 spiro atoms. The van der Waals surface area contributed by atoms with Gasteiger partial charge in [-0.3, -0.25) is 9.36 Å². The number of nitriles is 1. The Morgan fingerprint density at radius 3 is 2.66 bits per heavy atom. The highest BCUT2D eigenvalue weighted by atomic mass is 16.5. The molecular weight excluding hydrogens is 474 g/mol. The van der Waals surface area contributed by atoms with Gasteiger partial charge in [0.2, 0.25) is 0 Å². The summed E-state index contributed by atoms with van der Waals surface area (Å²) in [5.41, 5.74) is 4.68. The van der Waals surface area contributed by atoms with Crippen molar-refractivity contribution in [3.8, 4) is 29.0 Å². The summed E-state index contributed by atoms with van der Waals surface area (Å²) in [7, 11) is 1.65. The molecule has 1 unspecified atom stereocenters. The van der Waals surface area contributed by atoms with Gasteiger partial charge in [-0.25, -0.2) is 4.98 Å². The number of hydrogen-bond acceptors (Lipinski definition) is 4. The van der Waals surface area contributed by atoms with Gasteiger partial charge in [0, 0.05) is 30.4 Å². The van der Waals surface area contributed by atoms with Crippen LogP contribution in [0.25, 0.3) is 28.2 Å². The minimum atomic E-state index is 0.0859. The Labute approximate surface area is 221 Å². The van der Waals surface area contributed by atoms with Gasteiger partial charge in [0.25, 0.3) is 5.91 Å². The second-order valence-electron chi connectivity index (χ2n) is 11.5. The van der Waals surface area contributed by atoms with Crippen LogP contribution in [0.4, 0.5) is 0 Å². The van der Waals surface area contributed by atoms with Gasteiger partial charge in [-0.15, -0.1) is 0 Å². The number of aromatic nitrogens is 3. The Bertz CT molecular complexity index is 1640. The number of benzene rings is 2. The number of carbonyl (C=O) groups excluding carboxylic acids is 1. The quantitative estimate of drug-likeness (QED) is 0.359. The number of carbonyl (C=O) groups is 1. The number of nitrogens with zero attached hydrogens (tertiary/aromatic N) is 5. The Kier molecular flexibility index (Phi) is 4.61. The fraction of sp³-hybridized carbons (Fsp3) is 0.387. The lowest BCUT2D eigenvalue weighted by Crippen LogP contribution is -2.53. The van der Waals surface area contributed by atoms with E-state index in [4.69, 9.17) is 9.72 Å². The normalized spacial score (nSPS) is 25.0. The van der Waals surface area contributed by atoms with E-state index < -0.39 is 0 Å². The van der Waals surface area contributed by atoms with E-state index in [0.717, 1.165) is 59.6 Å². The van der Waals surface area contributed by atoms with Crippen LogP contribution >= 0.6 is 0 Å². The van der Waals surface area contributed by atoms with Gasteiger partial charge < -0.3 is 14.2 Å². The van der Waals surface area contributed by atoms with Crippen LogP contribution in [0, 0.1) is 35.0 Å². The zero-order valence-electron chi connectivity index (χ0n) is 21.4. The molecule has 7 heteroatoms. The largest absolute Gasteiger partial charge is 0.494 e. The number of likely N-dealkylation sites (tertiary alicyclic amines) is 1. The zero-order valence-corrected chi connectivity index (χ0v) is 21.4. The van der Waals surface area contributed by atoms with Crippen LogP contribution in [0.2, 0.25) is 0 Å². The van der Waals surface area contributed by atoms with Gasteiger partial charge >= 0.3 is 0 Å². The lowest BCUT2D eigenvalue weighted by molar-refractivity contribution is -0.0204. The summed E-state index contributed by atoms with van der Waals surface area (Å²) in [6.07, 6.45) is 4.81. The number of imidazole rings is 1. The number of para-hydroxylation sites is 1. The first-order valence-electron chi connectivity index (χ1n) is 13.7. The molecule has 0 bridgehead atoms. The number of amides is 1. The molecule has 4 aromatic rings. The Morgan fingerprint density at radius 1 is 1.11 bits per heavy atom. The van der Waals surface area contributed by atoms with E-state index in [-0.39, 0.29) is 5.91 Å². The summed E-state index contributed by atoms with van der Waals surface area (Å²) in [6, 6.07) is 20.6. The molecule has 190 valence electrons. The molecule has 0 radical (unpaired) electrons. The fourth-order valence-electron chi connectivity index (χ4n) is 7.33. The van der Waals surface area contributed by atoms with Gasteiger partial charge in [-0.2, -0.15) is 5.26 Å². The predicted octanol–water partition coefficient (Wildman–Crippen LogP) is 5.26. The Morgan fingerprint density at radius 2 is 1.95 bits per heavy atom. The molecule has 7 nitrogen and oxygen atoms in total. The smallest absolute Gasteiger partial charge is 0.254 e. The highest BCUT2D eigenvalue weighted by molar-refractivity contribution is 6.00. The average Bonchev–Trinajstić information content (AvgIpc) is 3.54. The fourth-order valence-corrected chi connectivity index (χ4v) is 7.33. The van der Waals surface area contributed by atoms with Crippen LogP contribution in [0.3, 0.4) is 0 Å². The van der Waals surface area contributed by atoms with Crippen molar-refractivity contribution in [1.29, 1.82) is 5.26 Å². The first-order chi connectivity index (χ1) is 18.6. The summed E-state index contributed by atoms with van der Waals surface area (Å²) in [5.74, 6) is 4.31. The Hall–Kier alpha value is -4.05. The molecule has 1 amide bonds.